The largest absolute Gasteiger partial charge is 0.330 e. The predicted octanol–water partition coefficient (Wildman–Crippen LogP) is 0.275. The van der Waals surface area contributed by atoms with E-state index in [9.17, 15) is 14.4 Å². The number of hydrogen-bond donors (Lipinski definition) is 4. The third kappa shape index (κ3) is 2.87. The fraction of sp³-hybridized carbons (Fsp3) is 0.357. The van der Waals surface area contributed by atoms with Gasteiger partial charge in [0.1, 0.15) is 5.54 Å². The second-order valence-electron chi connectivity index (χ2n) is 5.24. The van der Waals surface area contributed by atoms with E-state index in [1.165, 1.54) is 0 Å². The Morgan fingerprint density at radius 2 is 2.14 bits per heavy atom. The molecule has 1 aromatic rings. The van der Waals surface area contributed by atoms with Crippen molar-refractivity contribution in [1.29, 1.82) is 0 Å². The van der Waals surface area contributed by atoms with Crippen molar-refractivity contribution in [3.63, 3.8) is 0 Å². The van der Waals surface area contributed by atoms with Crippen LogP contribution in [0.25, 0.3) is 0 Å². The van der Waals surface area contributed by atoms with Gasteiger partial charge in [-0.3, -0.25) is 14.9 Å². The minimum Gasteiger partial charge on any atom is -0.330 e. The fourth-order valence-corrected chi connectivity index (χ4v) is 2.03. The molecule has 2 atom stereocenters. The van der Waals surface area contributed by atoms with Crippen molar-refractivity contribution in [2.75, 3.05) is 11.9 Å². The molecule has 7 nitrogen and oxygen atoms in total. The van der Waals surface area contributed by atoms with Gasteiger partial charge in [0.2, 0.25) is 5.91 Å². The number of hydrogen-bond acceptors (Lipinski definition) is 4. The molecule has 112 valence electrons. The molecule has 0 bridgehead atoms. The maximum atomic E-state index is 11.9. The van der Waals surface area contributed by atoms with Crippen molar-refractivity contribution >= 4 is 23.5 Å². The molecule has 1 saturated heterocycles. The van der Waals surface area contributed by atoms with Crippen LogP contribution in [0.15, 0.2) is 24.3 Å². The summed E-state index contributed by atoms with van der Waals surface area (Å²) in [4.78, 5) is 35.0. The van der Waals surface area contributed by atoms with Crippen LogP contribution in [0, 0.1) is 5.92 Å². The lowest BCUT2D eigenvalue weighted by Gasteiger charge is -2.22. The van der Waals surface area contributed by atoms with E-state index in [0.29, 0.717) is 11.3 Å². The quantitative estimate of drug-likeness (QED) is 0.596. The molecule has 21 heavy (non-hydrogen) atoms. The average molecular weight is 290 g/mol. The molecular weight excluding hydrogens is 272 g/mol. The summed E-state index contributed by atoms with van der Waals surface area (Å²) < 4.78 is 0. The first-order valence-electron chi connectivity index (χ1n) is 6.62. The summed E-state index contributed by atoms with van der Waals surface area (Å²) in [7, 11) is 0. The minimum atomic E-state index is -1.14. The van der Waals surface area contributed by atoms with Gasteiger partial charge in [-0.05, 0) is 24.6 Å². The average Bonchev–Trinajstić information content (AvgIpc) is 2.72. The highest BCUT2D eigenvalue weighted by Crippen LogP contribution is 2.26. The molecule has 2 rings (SSSR count). The van der Waals surface area contributed by atoms with Gasteiger partial charge >= 0.3 is 6.03 Å². The van der Waals surface area contributed by atoms with Crippen LogP contribution in [0.1, 0.15) is 19.4 Å². The van der Waals surface area contributed by atoms with Gasteiger partial charge in [0.05, 0.1) is 0 Å². The molecule has 1 aliphatic rings. The predicted molar refractivity (Wildman–Crippen MR) is 77.3 cm³/mol. The molecule has 1 aliphatic heterocycles. The zero-order valence-electron chi connectivity index (χ0n) is 11.9. The fourth-order valence-electron chi connectivity index (χ4n) is 2.03. The van der Waals surface area contributed by atoms with E-state index in [2.05, 4.69) is 16.0 Å². The van der Waals surface area contributed by atoms with Crippen molar-refractivity contribution < 1.29 is 14.4 Å². The number of amides is 4. The molecule has 2 unspecified atom stereocenters. The number of nitrogens with one attached hydrogen (secondary N) is 3. The van der Waals surface area contributed by atoms with E-state index < -0.39 is 17.5 Å². The third-order valence-corrected chi connectivity index (χ3v) is 3.55. The zero-order valence-corrected chi connectivity index (χ0v) is 11.9. The summed E-state index contributed by atoms with van der Waals surface area (Å²) in [5.74, 6) is -0.926. The zero-order chi connectivity index (χ0) is 15.6. The molecule has 1 heterocycles. The van der Waals surface area contributed by atoms with Gasteiger partial charge in [0, 0.05) is 18.2 Å². The number of carbonyl (C=O) groups is 3. The number of anilines is 1. The molecular formula is C14H18N4O3. The van der Waals surface area contributed by atoms with Crippen LogP contribution in [0.2, 0.25) is 0 Å². The highest BCUT2D eigenvalue weighted by Gasteiger charge is 2.43. The molecule has 0 radical (unpaired) electrons. The molecule has 4 amide bonds. The van der Waals surface area contributed by atoms with Crippen LogP contribution < -0.4 is 21.7 Å². The summed E-state index contributed by atoms with van der Waals surface area (Å²) in [5, 5.41) is 7.52. The molecule has 0 saturated carbocycles. The number of imide groups is 1. The third-order valence-electron chi connectivity index (χ3n) is 3.55. The summed E-state index contributed by atoms with van der Waals surface area (Å²) in [6.07, 6.45) is 0. The molecule has 1 fully saturated rings. The number of carbonyl (C=O) groups excluding carboxylic acids is 3. The van der Waals surface area contributed by atoms with Crippen molar-refractivity contribution in [2.24, 2.45) is 11.7 Å². The standard InChI is InChI=1S/C14H18N4O3/c1-8(7-15)11(19)16-10-5-3-4-9(6-10)14(2)12(20)17-13(21)18-14/h3-6,8H,7,15H2,1-2H3,(H,16,19)(H2,17,18,20,21). The minimum absolute atomic E-state index is 0.195. The van der Waals surface area contributed by atoms with Crippen LogP contribution in [0.5, 0.6) is 0 Å². The van der Waals surface area contributed by atoms with Gasteiger partial charge < -0.3 is 16.4 Å². The number of rotatable bonds is 4. The number of benzene rings is 1. The van der Waals surface area contributed by atoms with Gasteiger partial charge in [-0.25, -0.2) is 4.79 Å². The molecule has 5 N–H and O–H groups in total. The van der Waals surface area contributed by atoms with E-state index in [0.717, 1.165) is 0 Å². The van der Waals surface area contributed by atoms with Crippen LogP contribution in [-0.2, 0) is 15.1 Å². The molecule has 1 aromatic carbocycles. The van der Waals surface area contributed by atoms with Gasteiger partial charge in [0.15, 0.2) is 0 Å². The highest BCUT2D eigenvalue weighted by atomic mass is 16.2. The molecule has 0 aromatic heterocycles. The normalized spacial score (nSPS) is 22.4. The Balaban J connectivity index is 2.24. The molecule has 7 heteroatoms. The maximum Gasteiger partial charge on any atom is 0.322 e. The summed E-state index contributed by atoms with van der Waals surface area (Å²) in [6.45, 7) is 3.59. The van der Waals surface area contributed by atoms with E-state index in [-0.39, 0.29) is 18.4 Å². The Morgan fingerprint density at radius 3 is 2.71 bits per heavy atom. The van der Waals surface area contributed by atoms with Crippen LogP contribution in [0.3, 0.4) is 0 Å². The lowest BCUT2D eigenvalue weighted by atomic mass is 9.92. The first kappa shape index (κ1) is 15.0. The molecule has 0 spiro atoms. The SMILES string of the molecule is CC(CN)C(=O)Nc1cccc(C2(C)NC(=O)NC2=O)c1. The van der Waals surface area contributed by atoms with E-state index in [1.807, 2.05) is 0 Å². The van der Waals surface area contributed by atoms with Gasteiger partial charge in [-0.15, -0.1) is 0 Å². The Morgan fingerprint density at radius 1 is 1.43 bits per heavy atom. The van der Waals surface area contributed by atoms with Crippen LogP contribution in [0.4, 0.5) is 10.5 Å². The number of nitrogens with two attached hydrogens (primary N) is 1. The Hall–Kier alpha value is -2.41. The second-order valence-corrected chi connectivity index (χ2v) is 5.24. The lowest BCUT2D eigenvalue weighted by Crippen LogP contribution is -2.40. The first-order chi connectivity index (χ1) is 9.86. The van der Waals surface area contributed by atoms with Gasteiger partial charge in [0.25, 0.3) is 5.91 Å². The summed E-state index contributed by atoms with van der Waals surface area (Å²) in [6, 6.07) is 6.26. The summed E-state index contributed by atoms with van der Waals surface area (Å²) >= 11 is 0. The maximum absolute atomic E-state index is 11.9. The Bertz CT molecular complexity index is 602. The van der Waals surface area contributed by atoms with E-state index >= 15 is 0 Å². The lowest BCUT2D eigenvalue weighted by molar-refractivity contribution is -0.123. The smallest absolute Gasteiger partial charge is 0.322 e. The van der Waals surface area contributed by atoms with Crippen molar-refractivity contribution in [3.05, 3.63) is 29.8 Å². The van der Waals surface area contributed by atoms with Crippen molar-refractivity contribution in [2.45, 2.75) is 19.4 Å². The first-order valence-corrected chi connectivity index (χ1v) is 6.62. The summed E-state index contributed by atoms with van der Waals surface area (Å²) in [5.41, 5.74) is 5.44. The van der Waals surface area contributed by atoms with E-state index in [1.54, 1.807) is 38.1 Å². The topological polar surface area (TPSA) is 113 Å². The highest BCUT2D eigenvalue weighted by molar-refractivity contribution is 6.07. The van der Waals surface area contributed by atoms with Gasteiger partial charge in [-0.2, -0.15) is 0 Å². The van der Waals surface area contributed by atoms with Gasteiger partial charge in [-0.1, -0.05) is 19.1 Å². The second kappa shape index (κ2) is 5.53. The van der Waals surface area contributed by atoms with Crippen molar-refractivity contribution in [3.8, 4) is 0 Å². The number of urea groups is 1. The van der Waals surface area contributed by atoms with Crippen LogP contribution in [-0.4, -0.2) is 24.4 Å². The van der Waals surface area contributed by atoms with Crippen LogP contribution >= 0.6 is 0 Å². The van der Waals surface area contributed by atoms with Crippen molar-refractivity contribution in [1.82, 2.24) is 10.6 Å². The Kier molecular flexibility index (Phi) is 3.95. The van der Waals surface area contributed by atoms with E-state index in [4.69, 9.17) is 5.73 Å². The monoisotopic (exact) mass is 290 g/mol. The Labute approximate surface area is 122 Å². The molecule has 0 aliphatic carbocycles.